The number of ether oxygens (including phenoxy) is 4. The highest BCUT2D eigenvalue weighted by atomic mass is 32.1. The minimum absolute atomic E-state index is 0.00847. The van der Waals surface area contributed by atoms with Gasteiger partial charge in [-0.2, -0.15) is 17.5 Å². The fourth-order valence-electron chi connectivity index (χ4n) is 18.0. The SMILES string of the molecule is CCCCCCc1sc(-c2c3cc(-c4c(OCC(CC)CCCC)c(OCC(CC)CCCC)c(-c5ccc(-c6cc(F)c(-c7ccc(-c8c(OCC(CC)CCCC)c(OCC(CC)CCCC)c(C)c9nsnc89)s7)cc6F)s5)c5nsnc45)sc3c(-c3cc(F)c(CCCCCC)s3)c3cc(C)sc23)cc1F.CCCCCCc1sccc1F.O=C1c2ccsc2C(=O)c2ccsc21. The first-order valence-corrected chi connectivity index (χ1v) is 58.6. The minimum atomic E-state index is -0.562. The van der Waals surface area contributed by atoms with E-state index >= 15 is 17.6 Å². The first kappa shape index (κ1) is 104. The van der Waals surface area contributed by atoms with Crippen LogP contribution in [0.3, 0.4) is 0 Å². The molecule has 1 aliphatic carbocycles. The topological polar surface area (TPSA) is 123 Å². The fourth-order valence-corrected chi connectivity index (χ4v) is 28.6. The molecule has 11 heterocycles. The minimum Gasteiger partial charge on any atom is -0.489 e. The number of hydrogen-bond acceptors (Lipinski definition) is 21. The van der Waals surface area contributed by atoms with Crippen LogP contribution in [0.25, 0.3) is 115 Å². The summed E-state index contributed by atoms with van der Waals surface area (Å²) in [6.45, 7) is 30.4. The lowest BCUT2D eigenvalue weighted by Gasteiger charge is -2.24. The first-order valence-electron chi connectivity index (χ1n) is 49.6. The summed E-state index contributed by atoms with van der Waals surface area (Å²) < 4.78 is 132. The number of aryl methyl sites for hydroxylation is 5. The smallest absolute Gasteiger partial charge is 0.205 e. The van der Waals surface area contributed by atoms with E-state index in [1.54, 1.807) is 86.4 Å². The molecule has 0 bridgehead atoms. The molecule has 0 saturated carbocycles. The van der Waals surface area contributed by atoms with Crippen molar-refractivity contribution >= 4 is 179 Å². The first-order chi connectivity index (χ1) is 66.2. The van der Waals surface area contributed by atoms with Crippen LogP contribution in [0.4, 0.5) is 22.0 Å². The van der Waals surface area contributed by atoms with Gasteiger partial charge in [-0.25, -0.2) is 22.0 Å². The molecule has 4 unspecified atom stereocenters. The second kappa shape index (κ2) is 50.8. The third kappa shape index (κ3) is 24.3. The average molecular weight is 2050 g/mol. The van der Waals surface area contributed by atoms with E-state index in [-0.39, 0.29) is 52.0 Å². The Morgan fingerprint density at radius 1 is 0.309 bits per heavy atom. The molecule has 0 amide bonds. The lowest BCUT2D eigenvalue weighted by Crippen LogP contribution is -2.15. The Morgan fingerprint density at radius 2 is 0.669 bits per heavy atom. The summed E-state index contributed by atoms with van der Waals surface area (Å²) in [5.74, 6) is 2.03. The Kier molecular flexibility index (Phi) is 39.0. The third-order valence-electron chi connectivity index (χ3n) is 26.3. The number of benzene rings is 4. The van der Waals surface area contributed by atoms with Crippen LogP contribution < -0.4 is 18.9 Å². The zero-order valence-electron chi connectivity index (χ0n) is 80.9. The van der Waals surface area contributed by atoms with Crippen LogP contribution in [0, 0.1) is 66.6 Å². The average Bonchev–Trinajstić information content (AvgIpc) is 1.55. The van der Waals surface area contributed by atoms with Crippen molar-refractivity contribution in [2.45, 2.75) is 289 Å². The maximum Gasteiger partial charge on any atom is 0.205 e. The van der Waals surface area contributed by atoms with Gasteiger partial charge in [-0.1, -0.05) is 211 Å². The summed E-state index contributed by atoms with van der Waals surface area (Å²) in [4.78, 5) is 33.7. The van der Waals surface area contributed by atoms with E-state index in [0.717, 1.165) is 288 Å². The van der Waals surface area contributed by atoms with Crippen molar-refractivity contribution in [3.05, 3.63) is 170 Å². The van der Waals surface area contributed by atoms with Gasteiger partial charge in [0.1, 0.15) is 51.2 Å². The summed E-state index contributed by atoms with van der Waals surface area (Å²) in [5, 5.41) is 7.39. The van der Waals surface area contributed by atoms with Crippen molar-refractivity contribution in [2.75, 3.05) is 26.4 Å². The Morgan fingerprint density at radius 3 is 1.08 bits per heavy atom. The van der Waals surface area contributed by atoms with Crippen LogP contribution in [0.5, 0.6) is 23.0 Å². The largest absolute Gasteiger partial charge is 0.489 e. The fraction of sp³-hybridized carbons (Fsp3) is 0.473. The predicted octanol–water partition coefficient (Wildman–Crippen LogP) is 38.4. The maximum atomic E-state index is 17.6. The highest BCUT2D eigenvalue weighted by molar-refractivity contribution is 7.26. The highest BCUT2D eigenvalue weighted by Crippen LogP contribution is 2.60. The van der Waals surface area contributed by atoms with E-state index in [1.807, 2.05) is 36.6 Å². The van der Waals surface area contributed by atoms with Crippen molar-refractivity contribution < 1.29 is 50.5 Å². The summed E-state index contributed by atoms with van der Waals surface area (Å²) in [5.41, 5.74) is 9.13. The molecule has 16 rings (SSSR count). The van der Waals surface area contributed by atoms with Gasteiger partial charge in [-0.05, 0) is 197 Å². The standard InChI is InChI=1S/C90H110F4N4O4S8.C10H15FS.C10H4O2S2/c1-13-23-29-31-37-69-65(93)47-74(106-69)76-61-43-53(11)103-89(61)77(75-48-66(94)70(107-75)38-32-30-24-14-2)62-46-73(108-90(62)76)80-84-83(97-110-98-84)79(87(101-51-57(21-9)35-27-17-5)88(80)102-52-58(22-10)36-28-18-6)72-42-40-68(105-72)60-45-63(91)59(44-64(60)92)67-39-41-71(104-67)78-82-81(95-109-96-82)54(12)85(99-49-55(19-7)33-25-15-3)86(78)100-50-56(20-8)34-26-16-4;1-2-3-4-5-6-10-9(11)7-8-12-10;11-7-5-1-3-13-9(5)8(12)6-2-4-14-10(6)7/h39-48,55-58H,13-38,49-52H2,1-12H3;7-8H,2-6H2,1H3;1-4H. The highest BCUT2D eigenvalue weighted by Gasteiger charge is 2.36. The number of carbonyl (C=O) groups excluding carboxylic acids is 2. The molecule has 0 spiro atoms. The quantitative estimate of drug-likeness (QED) is 0.0269. The van der Waals surface area contributed by atoms with E-state index in [4.69, 9.17) is 36.4 Å². The molecule has 11 aromatic heterocycles. The van der Waals surface area contributed by atoms with Gasteiger partial charge in [0.2, 0.25) is 11.6 Å². The lowest BCUT2D eigenvalue weighted by molar-refractivity contribution is 0.0986. The van der Waals surface area contributed by atoms with Crippen LogP contribution >= 0.6 is 125 Å². The van der Waals surface area contributed by atoms with Gasteiger partial charge < -0.3 is 18.9 Å². The van der Waals surface area contributed by atoms with Gasteiger partial charge in [-0.3, -0.25) is 9.59 Å². The Bertz CT molecular complexity index is 6260. The van der Waals surface area contributed by atoms with Crippen LogP contribution in [0.15, 0.2) is 95.0 Å². The van der Waals surface area contributed by atoms with Crippen molar-refractivity contribution in [1.29, 1.82) is 0 Å². The van der Waals surface area contributed by atoms with Gasteiger partial charge in [0.25, 0.3) is 0 Å². The van der Waals surface area contributed by atoms with Gasteiger partial charge in [0.05, 0.1) is 76.3 Å². The second-order valence-electron chi connectivity index (χ2n) is 36.1. The molecule has 15 aromatic rings. The number of thiophene rings is 9. The number of fused-ring (bicyclic) bond motifs is 6. The zero-order valence-corrected chi connectivity index (χ0v) is 89.9. The van der Waals surface area contributed by atoms with Crippen molar-refractivity contribution in [2.24, 2.45) is 23.7 Å². The third-order valence-corrected chi connectivity index (χ3v) is 37.0. The Balaban J connectivity index is 0.000000485. The maximum absolute atomic E-state index is 17.6. The number of carbonyl (C=O) groups is 2. The molecule has 10 nitrogen and oxygen atoms in total. The van der Waals surface area contributed by atoms with E-state index in [2.05, 4.69) is 95.2 Å². The molecule has 1 aliphatic rings. The van der Waals surface area contributed by atoms with Gasteiger partial charge >= 0.3 is 0 Å². The molecule has 0 aliphatic heterocycles. The Hall–Kier alpha value is -7.47. The molecule has 136 heavy (non-hydrogen) atoms. The van der Waals surface area contributed by atoms with Crippen LogP contribution in [0.2, 0.25) is 0 Å². The van der Waals surface area contributed by atoms with Crippen LogP contribution in [0.1, 0.15) is 311 Å². The number of hydrogen-bond donors (Lipinski definition) is 0. The van der Waals surface area contributed by atoms with Gasteiger partial charge in [0.15, 0.2) is 23.0 Å². The molecule has 4 atom stereocenters. The summed E-state index contributed by atoms with van der Waals surface area (Å²) >= 11 is 15.7. The molecular formula is C110H129F5N4O6S11. The van der Waals surface area contributed by atoms with Crippen LogP contribution in [-0.4, -0.2) is 55.5 Å². The molecule has 4 aromatic carbocycles. The summed E-state index contributed by atoms with van der Waals surface area (Å²) in [7, 11) is 0. The molecule has 26 heteroatoms. The lowest BCUT2D eigenvalue weighted by atomic mass is 9.96. The normalized spacial score (nSPS) is 13.0. The summed E-state index contributed by atoms with van der Waals surface area (Å²) in [6, 6.07) is 23.4. The van der Waals surface area contributed by atoms with E-state index in [9.17, 15) is 14.0 Å². The molecule has 0 N–H and O–H groups in total. The molecule has 0 radical (unpaired) electrons. The van der Waals surface area contributed by atoms with Gasteiger partial charge in [0, 0.05) is 113 Å². The number of halogens is 5. The van der Waals surface area contributed by atoms with E-state index in [1.165, 1.54) is 88.1 Å². The Labute approximate surface area is 845 Å². The number of aromatic nitrogens is 4. The zero-order chi connectivity index (χ0) is 96.1. The molecular weight excluding hydrogens is 1920 g/mol. The number of nitrogens with zero attached hydrogens (tertiary/aromatic N) is 4. The van der Waals surface area contributed by atoms with E-state index in [0.29, 0.717) is 127 Å². The monoisotopic (exact) mass is 2050 g/mol. The number of unbranched alkanes of at least 4 members (excludes halogenated alkanes) is 13. The van der Waals surface area contributed by atoms with Crippen molar-refractivity contribution in [1.82, 2.24) is 17.5 Å². The second-order valence-corrected chi connectivity index (χ2v) is 46.8. The molecule has 726 valence electrons. The van der Waals surface area contributed by atoms with E-state index < -0.39 is 11.6 Å². The number of rotatable bonds is 50. The number of ketones is 2. The van der Waals surface area contributed by atoms with Gasteiger partial charge in [-0.15, -0.1) is 102 Å². The molecule has 0 saturated heterocycles. The summed E-state index contributed by atoms with van der Waals surface area (Å²) in [6.07, 6.45) is 32.0. The van der Waals surface area contributed by atoms with Crippen LogP contribution in [-0.2, 0) is 19.3 Å². The van der Waals surface area contributed by atoms with Crippen molar-refractivity contribution in [3.63, 3.8) is 0 Å². The van der Waals surface area contributed by atoms with Crippen molar-refractivity contribution in [3.8, 4) is 96.1 Å². The molecule has 0 fully saturated rings. The predicted molar refractivity (Wildman–Crippen MR) is 577 cm³/mol.